The number of nitriles is 1. The van der Waals surface area contributed by atoms with Crippen molar-refractivity contribution in [2.24, 2.45) is 0 Å². The van der Waals surface area contributed by atoms with Gasteiger partial charge in [-0.1, -0.05) is 36.4 Å². The summed E-state index contributed by atoms with van der Waals surface area (Å²) in [7, 11) is 0. The summed E-state index contributed by atoms with van der Waals surface area (Å²) in [5, 5.41) is 12.2. The standard InChI is InChI=1S/C20H18N2O3/c1-14(16-5-3-2-4-6-16)22-20(23)17(13-21)11-15-7-8-18-19(12-15)25-10-9-24-18/h2-8,11-12,14H,9-10H2,1H3,(H,22,23)/b17-11-/t14-/m1/s1. The third-order valence-electron chi connectivity index (χ3n) is 3.89. The molecule has 1 heterocycles. The molecule has 2 aromatic carbocycles. The summed E-state index contributed by atoms with van der Waals surface area (Å²) < 4.78 is 11.0. The number of hydrogen-bond donors (Lipinski definition) is 1. The van der Waals surface area contributed by atoms with Crippen molar-refractivity contribution in [3.63, 3.8) is 0 Å². The zero-order chi connectivity index (χ0) is 17.6. The van der Waals surface area contributed by atoms with E-state index in [1.165, 1.54) is 0 Å². The lowest BCUT2D eigenvalue weighted by molar-refractivity contribution is -0.117. The molecule has 1 amide bonds. The minimum absolute atomic E-state index is 0.0412. The highest BCUT2D eigenvalue weighted by Gasteiger charge is 2.15. The normalized spacial score (nSPS) is 14.3. The summed E-state index contributed by atoms with van der Waals surface area (Å²) in [6.45, 7) is 2.89. The molecule has 1 atom stereocenters. The van der Waals surface area contributed by atoms with Crippen molar-refractivity contribution >= 4 is 12.0 Å². The molecule has 126 valence electrons. The van der Waals surface area contributed by atoms with E-state index in [0.717, 1.165) is 5.56 Å². The molecule has 0 aromatic heterocycles. The van der Waals surface area contributed by atoms with Crippen LogP contribution in [0.5, 0.6) is 11.5 Å². The van der Waals surface area contributed by atoms with Crippen molar-refractivity contribution in [3.05, 3.63) is 65.2 Å². The van der Waals surface area contributed by atoms with Crippen LogP contribution in [0.3, 0.4) is 0 Å². The first kappa shape index (κ1) is 16.6. The predicted octanol–water partition coefficient (Wildman–Crippen LogP) is 3.24. The van der Waals surface area contributed by atoms with Crippen LogP contribution in [0.25, 0.3) is 6.08 Å². The van der Waals surface area contributed by atoms with Gasteiger partial charge in [0.1, 0.15) is 24.9 Å². The van der Waals surface area contributed by atoms with Gasteiger partial charge < -0.3 is 14.8 Å². The van der Waals surface area contributed by atoms with Gasteiger partial charge in [-0.3, -0.25) is 4.79 Å². The molecule has 1 N–H and O–H groups in total. The van der Waals surface area contributed by atoms with E-state index in [2.05, 4.69) is 5.32 Å². The molecular weight excluding hydrogens is 316 g/mol. The second-order valence-corrected chi connectivity index (χ2v) is 5.68. The third kappa shape index (κ3) is 3.99. The lowest BCUT2D eigenvalue weighted by atomic mass is 10.1. The van der Waals surface area contributed by atoms with E-state index in [-0.39, 0.29) is 11.6 Å². The molecule has 0 unspecified atom stereocenters. The van der Waals surface area contributed by atoms with Crippen molar-refractivity contribution in [1.29, 1.82) is 5.26 Å². The fraction of sp³-hybridized carbons (Fsp3) is 0.200. The summed E-state index contributed by atoms with van der Waals surface area (Å²) in [5.74, 6) is 0.883. The van der Waals surface area contributed by atoms with Crippen molar-refractivity contribution in [1.82, 2.24) is 5.32 Å². The molecule has 0 fully saturated rings. The Balaban J connectivity index is 1.76. The van der Waals surface area contributed by atoms with Crippen molar-refractivity contribution in [2.45, 2.75) is 13.0 Å². The first-order valence-corrected chi connectivity index (χ1v) is 8.04. The quantitative estimate of drug-likeness (QED) is 0.688. The average molecular weight is 334 g/mol. The number of carbonyl (C=O) groups excluding carboxylic acids is 1. The first-order chi connectivity index (χ1) is 12.2. The molecule has 0 saturated heterocycles. The van der Waals surface area contributed by atoms with Gasteiger partial charge >= 0.3 is 0 Å². The fourth-order valence-corrected chi connectivity index (χ4v) is 2.56. The molecule has 2 aromatic rings. The highest BCUT2D eigenvalue weighted by atomic mass is 16.6. The monoisotopic (exact) mass is 334 g/mol. The first-order valence-electron chi connectivity index (χ1n) is 8.04. The van der Waals surface area contributed by atoms with Gasteiger partial charge in [-0.25, -0.2) is 0 Å². The zero-order valence-corrected chi connectivity index (χ0v) is 13.9. The van der Waals surface area contributed by atoms with E-state index in [4.69, 9.17) is 9.47 Å². The van der Waals surface area contributed by atoms with Crippen molar-refractivity contribution in [2.75, 3.05) is 13.2 Å². The van der Waals surface area contributed by atoms with Gasteiger partial charge in [-0.2, -0.15) is 5.26 Å². The van der Waals surface area contributed by atoms with E-state index in [0.29, 0.717) is 30.3 Å². The van der Waals surface area contributed by atoms with Gasteiger partial charge in [-0.15, -0.1) is 0 Å². The van der Waals surface area contributed by atoms with Gasteiger partial charge in [-0.05, 0) is 36.3 Å². The Morgan fingerprint density at radius 1 is 1.16 bits per heavy atom. The van der Waals surface area contributed by atoms with E-state index in [1.807, 2.05) is 43.3 Å². The Labute approximate surface area is 146 Å². The summed E-state index contributed by atoms with van der Waals surface area (Å²) in [6, 6.07) is 16.7. The second kappa shape index (κ2) is 7.54. The highest BCUT2D eigenvalue weighted by Crippen LogP contribution is 2.31. The van der Waals surface area contributed by atoms with Crippen molar-refractivity contribution < 1.29 is 14.3 Å². The molecule has 1 aliphatic rings. The van der Waals surface area contributed by atoms with Crippen molar-refractivity contribution in [3.8, 4) is 17.6 Å². The van der Waals surface area contributed by atoms with Crippen LogP contribution in [0.2, 0.25) is 0 Å². The molecule has 25 heavy (non-hydrogen) atoms. The van der Waals surface area contributed by atoms with E-state index in [9.17, 15) is 10.1 Å². The highest BCUT2D eigenvalue weighted by molar-refractivity contribution is 6.01. The summed E-state index contributed by atoms with van der Waals surface area (Å²) in [4.78, 5) is 12.4. The van der Waals surface area contributed by atoms with Crippen LogP contribution in [0.1, 0.15) is 24.1 Å². The van der Waals surface area contributed by atoms with Crippen LogP contribution in [0.15, 0.2) is 54.1 Å². The maximum absolute atomic E-state index is 12.4. The summed E-state index contributed by atoms with van der Waals surface area (Å²) >= 11 is 0. The third-order valence-corrected chi connectivity index (χ3v) is 3.89. The lowest BCUT2D eigenvalue weighted by Gasteiger charge is -2.18. The fourth-order valence-electron chi connectivity index (χ4n) is 2.56. The molecule has 0 aliphatic carbocycles. The van der Waals surface area contributed by atoms with Crippen LogP contribution in [-0.4, -0.2) is 19.1 Å². The number of benzene rings is 2. The number of fused-ring (bicyclic) bond motifs is 1. The zero-order valence-electron chi connectivity index (χ0n) is 13.9. The van der Waals surface area contributed by atoms with E-state index in [1.54, 1.807) is 24.3 Å². The SMILES string of the molecule is C[C@@H](NC(=O)/C(C#N)=C\c1ccc2c(c1)OCCO2)c1ccccc1. The Hall–Kier alpha value is -3.26. The average Bonchev–Trinajstić information content (AvgIpc) is 2.66. The van der Waals surface area contributed by atoms with Gasteiger partial charge in [0.05, 0.1) is 6.04 Å². The molecular formula is C20H18N2O3. The minimum Gasteiger partial charge on any atom is -0.486 e. The summed E-state index contributed by atoms with van der Waals surface area (Å²) in [6.07, 6.45) is 1.55. The number of carbonyl (C=O) groups is 1. The molecule has 5 heteroatoms. The maximum atomic E-state index is 12.4. The largest absolute Gasteiger partial charge is 0.486 e. The number of rotatable bonds is 4. The van der Waals surface area contributed by atoms with Crippen LogP contribution in [0.4, 0.5) is 0 Å². The molecule has 0 bridgehead atoms. The maximum Gasteiger partial charge on any atom is 0.262 e. The number of amides is 1. The molecule has 0 radical (unpaired) electrons. The van der Waals surface area contributed by atoms with E-state index >= 15 is 0 Å². The molecule has 5 nitrogen and oxygen atoms in total. The van der Waals surface area contributed by atoms with Crippen LogP contribution >= 0.6 is 0 Å². The number of nitrogens with zero attached hydrogens (tertiary/aromatic N) is 1. The van der Waals surface area contributed by atoms with Gasteiger partial charge in [0.15, 0.2) is 11.5 Å². The van der Waals surface area contributed by atoms with Gasteiger partial charge in [0.2, 0.25) is 0 Å². The minimum atomic E-state index is -0.409. The second-order valence-electron chi connectivity index (χ2n) is 5.68. The Kier molecular flexibility index (Phi) is 5.00. The topological polar surface area (TPSA) is 71.4 Å². The summed E-state index contributed by atoms with van der Waals surface area (Å²) in [5.41, 5.74) is 1.73. The smallest absolute Gasteiger partial charge is 0.262 e. The van der Waals surface area contributed by atoms with Gasteiger partial charge in [0, 0.05) is 0 Å². The number of ether oxygens (including phenoxy) is 2. The molecule has 1 aliphatic heterocycles. The Morgan fingerprint density at radius 2 is 1.88 bits per heavy atom. The molecule has 0 spiro atoms. The lowest BCUT2D eigenvalue weighted by Crippen LogP contribution is -2.27. The predicted molar refractivity (Wildman–Crippen MR) is 94.0 cm³/mol. The van der Waals surface area contributed by atoms with Crippen LogP contribution < -0.4 is 14.8 Å². The van der Waals surface area contributed by atoms with E-state index < -0.39 is 5.91 Å². The number of hydrogen-bond acceptors (Lipinski definition) is 4. The van der Waals surface area contributed by atoms with Crippen LogP contribution in [0, 0.1) is 11.3 Å². The number of nitrogens with one attached hydrogen (secondary N) is 1. The Bertz CT molecular complexity index is 838. The van der Waals surface area contributed by atoms with Gasteiger partial charge in [0.25, 0.3) is 5.91 Å². The molecule has 3 rings (SSSR count). The molecule has 0 saturated carbocycles. The Morgan fingerprint density at radius 3 is 2.60 bits per heavy atom. The van der Waals surface area contributed by atoms with Crippen LogP contribution in [-0.2, 0) is 4.79 Å².